The maximum atomic E-state index is 13.2. The van der Waals surface area contributed by atoms with E-state index in [2.05, 4.69) is 15.6 Å². The smallest absolute Gasteiger partial charge is 0.277 e. The van der Waals surface area contributed by atoms with E-state index in [1.54, 1.807) is 0 Å². The van der Waals surface area contributed by atoms with E-state index in [-0.39, 0.29) is 24.4 Å². The van der Waals surface area contributed by atoms with Crippen LogP contribution in [0.1, 0.15) is 12.8 Å². The molecule has 0 aliphatic carbocycles. The molecule has 7 nitrogen and oxygen atoms in total. The van der Waals surface area contributed by atoms with E-state index >= 15 is 0 Å². The lowest BCUT2D eigenvalue weighted by molar-refractivity contribution is -0.130. The third-order valence-corrected chi connectivity index (χ3v) is 3.53. The van der Waals surface area contributed by atoms with Crippen molar-refractivity contribution in [1.82, 2.24) is 20.3 Å². The van der Waals surface area contributed by atoms with Crippen LogP contribution in [-0.2, 0) is 16.1 Å². The van der Waals surface area contributed by atoms with Gasteiger partial charge in [0.2, 0.25) is 5.91 Å². The lowest BCUT2D eigenvalue weighted by Crippen LogP contribution is -2.38. The monoisotopic (exact) mass is 306 g/mol. The van der Waals surface area contributed by atoms with Crippen LogP contribution in [0.4, 0.5) is 4.39 Å². The van der Waals surface area contributed by atoms with Crippen molar-refractivity contribution in [3.63, 3.8) is 0 Å². The van der Waals surface area contributed by atoms with Crippen LogP contribution in [0.3, 0.4) is 0 Å². The topological polar surface area (TPSA) is 86.1 Å². The largest absolute Gasteiger partial charge is 0.368 e. The van der Waals surface area contributed by atoms with Gasteiger partial charge in [0.15, 0.2) is 0 Å². The normalized spacial score (nSPS) is 17.8. The number of halogens is 1. The van der Waals surface area contributed by atoms with Crippen molar-refractivity contribution in [2.75, 3.05) is 13.2 Å². The summed E-state index contributed by atoms with van der Waals surface area (Å²) in [6.45, 7) is 0.990. The maximum Gasteiger partial charge on any atom is 0.277 e. The van der Waals surface area contributed by atoms with Crippen LogP contribution in [0.2, 0.25) is 0 Å². The Balaban J connectivity index is 1.67. The molecule has 22 heavy (non-hydrogen) atoms. The van der Waals surface area contributed by atoms with Gasteiger partial charge in [-0.3, -0.25) is 9.59 Å². The van der Waals surface area contributed by atoms with Crippen LogP contribution >= 0.6 is 0 Å². The molecule has 1 N–H and O–H groups in total. The molecule has 2 aromatic rings. The molecule has 1 aromatic carbocycles. The first-order valence-corrected chi connectivity index (χ1v) is 7.07. The lowest BCUT2D eigenvalue weighted by Gasteiger charge is -2.10. The fourth-order valence-electron chi connectivity index (χ4n) is 2.38. The predicted molar refractivity (Wildman–Crippen MR) is 75.7 cm³/mol. The molecule has 2 heterocycles. The Morgan fingerprint density at radius 2 is 2.36 bits per heavy atom. The first-order valence-electron chi connectivity index (χ1n) is 7.07. The number of fused-ring (bicyclic) bond motifs is 1. The van der Waals surface area contributed by atoms with Crippen LogP contribution in [0, 0.1) is 5.82 Å². The summed E-state index contributed by atoms with van der Waals surface area (Å²) in [6.07, 6.45) is 1.17. The molecule has 0 spiro atoms. The van der Waals surface area contributed by atoms with E-state index in [4.69, 9.17) is 4.74 Å². The van der Waals surface area contributed by atoms with Gasteiger partial charge in [0, 0.05) is 13.2 Å². The van der Waals surface area contributed by atoms with E-state index in [0.29, 0.717) is 18.5 Å². The molecular formula is C14H15FN4O3. The highest BCUT2D eigenvalue weighted by Gasteiger charge is 2.22. The van der Waals surface area contributed by atoms with E-state index in [1.807, 2.05) is 0 Å². The molecule has 0 radical (unpaired) electrons. The van der Waals surface area contributed by atoms with Crippen molar-refractivity contribution in [3.8, 4) is 0 Å². The van der Waals surface area contributed by atoms with Crippen LogP contribution < -0.4 is 10.9 Å². The molecule has 1 atom stereocenters. The van der Waals surface area contributed by atoms with Gasteiger partial charge in [-0.05, 0) is 31.0 Å². The Bertz CT molecular complexity index is 755. The van der Waals surface area contributed by atoms with Crippen molar-refractivity contribution >= 4 is 16.8 Å². The minimum Gasteiger partial charge on any atom is -0.368 e. The highest BCUT2D eigenvalue weighted by molar-refractivity contribution is 5.81. The quantitative estimate of drug-likeness (QED) is 0.873. The summed E-state index contributed by atoms with van der Waals surface area (Å²) in [5, 5.41) is 10.5. The number of carbonyl (C=O) groups is 1. The zero-order valence-corrected chi connectivity index (χ0v) is 11.8. The molecule has 0 unspecified atom stereocenters. The van der Waals surface area contributed by atoms with E-state index in [1.165, 1.54) is 12.1 Å². The van der Waals surface area contributed by atoms with E-state index in [9.17, 15) is 14.0 Å². The van der Waals surface area contributed by atoms with Crippen LogP contribution in [0.5, 0.6) is 0 Å². The number of hydrogen-bond acceptors (Lipinski definition) is 5. The fraction of sp³-hybridized carbons (Fsp3) is 0.429. The van der Waals surface area contributed by atoms with Crippen LogP contribution in [-0.4, -0.2) is 40.2 Å². The number of ether oxygens (including phenoxy) is 1. The molecule has 1 amide bonds. The third-order valence-electron chi connectivity index (χ3n) is 3.53. The first-order chi connectivity index (χ1) is 10.6. The number of carbonyl (C=O) groups excluding carboxylic acids is 1. The molecule has 1 fully saturated rings. The fourth-order valence-corrected chi connectivity index (χ4v) is 2.38. The highest BCUT2D eigenvalue weighted by atomic mass is 19.1. The van der Waals surface area contributed by atoms with Crippen LogP contribution in [0.25, 0.3) is 10.9 Å². The number of nitrogens with one attached hydrogen (secondary N) is 1. The predicted octanol–water partition coefficient (Wildman–Crippen LogP) is 0.226. The van der Waals surface area contributed by atoms with Gasteiger partial charge in [-0.2, -0.15) is 0 Å². The second-order valence-corrected chi connectivity index (χ2v) is 5.07. The molecule has 1 saturated heterocycles. The minimum atomic E-state index is -0.504. The summed E-state index contributed by atoms with van der Waals surface area (Å²) in [5.74, 6) is -0.693. The minimum absolute atomic E-state index is 0.163. The molecule has 1 aromatic heterocycles. The second kappa shape index (κ2) is 6.18. The molecule has 8 heteroatoms. The van der Waals surface area contributed by atoms with Gasteiger partial charge < -0.3 is 10.1 Å². The number of hydrogen-bond donors (Lipinski definition) is 1. The van der Waals surface area contributed by atoms with Gasteiger partial charge in [-0.25, -0.2) is 9.07 Å². The van der Waals surface area contributed by atoms with Gasteiger partial charge in [-0.15, -0.1) is 5.10 Å². The number of rotatable bonds is 4. The summed E-state index contributed by atoms with van der Waals surface area (Å²) < 4.78 is 19.6. The van der Waals surface area contributed by atoms with Crippen molar-refractivity contribution in [1.29, 1.82) is 0 Å². The molecule has 1 aliphatic rings. The van der Waals surface area contributed by atoms with Gasteiger partial charge >= 0.3 is 0 Å². The third kappa shape index (κ3) is 2.96. The summed E-state index contributed by atoms with van der Waals surface area (Å²) in [4.78, 5) is 23.9. The van der Waals surface area contributed by atoms with Crippen molar-refractivity contribution < 1.29 is 13.9 Å². The first kappa shape index (κ1) is 14.6. The van der Waals surface area contributed by atoms with E-state index < -0.39 is 17.5 Å². The maximum absolute atomic E-state index is 13.2. The zero-order chi connectivity index (χ0) is 15.5. The summed E-state index contributed by atoms with van der Waals surface area (Å²) >= 11 is 0. The molecule has 0 bridgehead atoms. The highest BCUT2D eigenvalue weighted by Crippen LogP contribution is 2.11. The lowest BCUT2D eigenvalue weighted by atomic mass is 10.2. The average molecular weight is 306 g/mol. The van der Waals surface area contributed by atoms with Crippen molar-refractivity contribution in [2.45, 2.75) is 25.5 Å². The molecular weight excluding hydrogens is 291 g/mol. The van der Waals surface area contributed by atoms with Crippen molar-refractivity contribution in [2.24, 2.45) is 0 Å². The summed E-state index contributed by atoms with van der Waals surface area (Å²) in [6, 6.07) is 3.76. The Kier molecular flexibility index (Phi) is 4.10. The Labute approximate surface area is 125 Å². The molecule has 1 aliphatic heterocycles. The average Bonchev–Trinajstić information content (AvgIpc) is 3.04. The van der Waals surface area contributed by atoms with Gasteiger partial charge in [-0.1, -0.05) is 5.21 Å². The number of amides is 1. The number of aromatic nitrogens is 3. The summed E-state index contributed by atoms with van der Waals surface area (Å²) in [7, 11) is 0. The number of benzene rings is 1. The molecule has 116 valence electrons. The Morgan fingerprint density at radius 3 is 3.14 bits per heavy atom. The standard InChI is InChI=1S/C14H15FN4O3/c15-9-3-4-11-10(8-9)14(21)19(18-17-11)6-5-16-13(20)12-2-1-7-22-12/h3-4,8,12H,1-2,5-7H2,(H,16,20)/t12-/m1/s1. The van der Waals surface area contributed by atoms with Gasteiger partial charge in [0.1, 0.15) is 17.4 Å². The molecule has 3 rings (SSSR count). The SMILES string of the molecule is O=C(NCCn1nnc2ccc(F)cc2c1=O)[C@H]1CCCO1. The van der Waals surface area contributed by atoms with E-state index in [0.717, 1.165) is 17.2 Å². The zero-order valence-electron chi connectivity index (χ0n) is 11.8. The van der Waals surface area contributed by atoms with Gasteiger partial charge in [0.25, 0.3) is 5.56 Å². The van der Waals surface area contributed by atoms with Crippen LogP contribution in [0.15, 0.2) is 23.0 Å². The summed E-state index contributed by atoms with van der Waals surface area (Å²) in [5.41, 5.74) is -0.0955. The van der Waals surface area contributed by atoms with Gasteiger partial charge in [0.05, 0.1) is 11.9 Å². The Morgan fingerprint density at radius 1 is 1.50 bits per heavy atom. The second-order valence-electron chi connectivity index (χ2n) is 5.07. The molecule has 0 saturated carbocycles. The number of nitrogens with zero attached hydrogens (tertiary/aromatic N) is 3. The van der Waals surface area contributed by atoms with Crippen molar-refractivity contribution in [3.05, 3.63) is 34.4 Å². The Hall–Kier alpha value is -2.35.